The summed E-state index contributed by atoms with van der Waals surface area (Å²) in [7, 11) is 0. The zero-order valence-electron chi connectivity index (χ0n) is 10.3. The average Bonchev–Trinajstić information content (AvgIpc) is 2.34. The van der Waals surface area contributed by atoms with Crippen LogP contribution in [0.25, 0.3) is 6.08 Å². The first-order valence-electron chi connectivity index (χ1n) is 5.63. The minimum Gasteiger partial charge on any atom is -0.480 e. The lowest BCUT2D eigenvalue weighted by Gasteiger charge is -2.16. The second-order valence-corrected chi connectivity index (χ2v) is 4.16. The van der Waals surface area contributed by atoms with E-state index in [9.17, 15) is 9.59 Å². The van der Waals surface area contributed by atoms with Gasteiger partial charge in [-0.3, -0.25) is 9.78 Å². The fraction of sp³-hybridized carbons (Fsp3) is 0.308. The Hall–Kier alpha value is -2.17. The molecular weight excluding hydrogens is 232 g/mol. The van der Waals surface area contributed by atoms with Gasteiger partial charge in [0.05, 0.1) is 5.69 Å². The summed E-state index contributed by atoms with van der Waals surface area (Å²) in [5.74, 6) is -1.65. The molecule has 0 saturated heterocycles. The van der Waals surface area contributed by atoms with E-state index in [0.717, 1.165) is 0 Å². The Balaban J connectivity index is 2.61. The maximum Gasteiger partial charge on any atom is 0.326 e. The van der Waals surface area contributed by atoms with E-state index in [-0.39, 0.29) is 5.92 Å². The molecular formula is C13H16N2O3. The largest absolute Gasteiger partial charge is 0.480 e. The first-order chi connectivity index (χ1) is 8.50. The number of nitrogens with one attached hydrogen (secondary N) is 1. The second kappa shape index (κ2) is 6.54. The standard InChI is InChI=1S/C13H16N2O3/c1-9(2)12(13(17)18)15-11(16)7-6-10-5-3-4-8-14-10/h3-9,12H,1-2H3,(H,15,16)(H,17,18)/t12-/m0/s1. The van der Waals surface area contributed by atoms with Crippen molar-refractivity contribution >= 4 is 18.0 Å². The van der Waals surface area contributed by atoms with E-state index < -0.39 is 17.9 Å². The molecule has 0 aliphatic carbocycles. The van der Waals surface area contributed by atoms with E-state index in [2.05, 4.69) is 10.3 Å². The molecule has 1 aromatic rings. The predicted octanol–water partition coefficient (Wildman–Crippen LogP) is 1.32. The summed E-state index contributed by atoms with van der Waals surface area (Å²) in [6, 6.07) is 4.45. The number of carboxylic acid groups (broad SMARTS) is 1. The van der Waals surface area contributed by atoms with E-state index in [1.165, 1.54) is 12.2 Å². The van der Waals surface area contributed by atoms with Crippen LogP contribution in [0.5, 0.6) is 0 Å². The van der Waals surface area contributed by atoms with Gasteiger partial charge < -0.3 is 10.4 Å². The number of rotatable bonds is 5. The monoisotopic (exact) mass is 248 g/mol. The molecule has 0 bridgehead atoms. The van der Waals surface area contributed by atoms with Crippen LogP contribution in [0.4, 0.5) is 0 Å². The number of carbonyl (C=O) groups excluding carboxylic acids is 1. The Kier molecular flexibility index (Phi) is 5.05. The van der Waals surface area contributed by atoms with E-state index in [4.69, 9.17) is 5.11 Å². The SMILES string of the molecule is CC(C)[C@H](NC(=O)C=Cc1ccccn1)C(=O)O. The number of carbonyl (C=O) groups is 2. The van der Waals surface area contributed by atoms with Crippen LogP contribution in [-0.4, -0.2) is 28.0 Å². The van der Waals surface area contributed by atoms with Gasteiger partial charge in [-0.1, -0.05) is 19.9 Å². The molecule has 1 rings (SSSR count). The molecule has 1 heterocycles. The zero-order valence-corrected chi connectivity index (χ0v) is 10.3. The van der Waals surface area contributed by atoms with Crippen molar-refractivity contribution in [3.05, 3.63) is 36.2 Å². The fourth-order valence-electron chi connectivity index (χ4n) is 1.35. The molecule has 18 heavy (non-hydrogen) atoms. The highest BCUT2D eigenvalue weighted by Crippen LogP contribution is 2.02. The van der Waals surface area contributed by atoms with Crippen molar-refractivity contribution in [3.8, 4) is 0 Å². The van der Waals surface area contributed by atoms with Crippen LogP contribution < -0.4 is 5.32 Å². The maximum absolute atomic E-state index is 11.5. The molecule has 0 unspecified atom stereocenters. The van der Waals surface area contributed by atoms with Crippen LogP contribution in [0.1, 0.15) is 19.5 Å². The first-order valence-corrected chi connectivity index (χ1v) is 5.63. The third-order valence-corrected chi connectivity index (χ3v) is 2.32. The van der Waals surface area contributed by atoms with Gasteiger partial charge in [-0.2, -0.15) is 0 Å². The first kappa shape index (κ1) is 13.9. The highest BCUT2D eigenvalue weighted by molar-refractivity contribution is 5.94. The lowest BCUT2D eigenvalue weighted by Crippen LogP contribution is -2.43. The fourth-order valence-corrected chi connectivity index (χ4v) is 1.35. The molecule has 1 atom stereocenters. The second-order valence-electron chi connectivity index (χ2n) is 4.16. The molecule has 0 spiro atoms. The maximum atomic E-state index is 11.5. The number of aliphatic carboxylic acids is 1. The van der Waals surface area contributed by atoms with Crippen molar-refractivity contribution < 1.29 is 14.7 Å². The van der Waals surface area contributed by atoms with E-state index in [1.807, 2.05) is 0 Å². The molecule has 5 nitrogen and oxygen atoms in total. The lowest BCUT2D eigenvalue weighted by atomic mass is 10.0. The van der Waals surface area contributed by atoms with Gasteiger partial charge in [-0.05, 0) is 24.1 Å². The minimum atomic E-state index is -1.04. The van der Waals surface area contributed by atoms with Gasteiger partial charge in [0.15, 0.2) is 0 Å². The van der Waals surface area contributed by atoms with Crippen molar-refractivity contribution in [3.63, 3.8) is 0 Å². The molecule has 0 fully saturated rings. The number of pyridine rings is 1. The van der Waals surface area contributed by atoms with Gasteiger partial charge in [-0.15, -0.1) is 0 Å². The van der Waals surface area contributed by atoms with Crippen LogP contribution in [0.3, 0.4) is 0 Å². The summed E-state index contributed by atoms with van der Waals surface area (Å²) in [6.07, 6.45) is 4.43. The highest BCUT2D eigenvalue weighted by Gasteiger charge is 2.22. The average molecular weight is 248 g/mol. The number of aromatic nitrogens is 1. The van der Waals surface area contributed by atoms with Crippen LogP contribution in [0, 0.1) is 5.92 Å². The normalized spacial score (nSPS) is 12.6. The topological polar surface area (TPSA) is 79.3 Å². The zero-order chi connectivity index (χ0) is 13.5. The van der Waals surface area contributed by atoms with Gasteiger partial charge >= 0.3 is 5.97 Å². The molecule has 1 aromatic heterocycles. The van der Waals surface area contributed by atoms with Gasteiger partial charge in [-0.25, -0.2) is 4.79 Å². The van der Waals surface area contributed by atoms with Gasteiger partial charge in [0.1, 0.15) is 6.04 Å². The van der Waals surface area contributed by atoms with E-state index in [0.29, 0.717) is 5.69 Å². The van der Waals surface area contributed by atoms with E-state index >= 15 is 0 Å². The quantitative estimate of drug-likeness (QED) is 0.770. The Morgan fingerprint density at radius 3 is 2.61 bits per heavy atom. The summed E-state index contributed by atoms with van der Waals surface area (Å²) in [4.78, 5) is 26.5. The van der Waals surface area contributed by atoms with Crippen molar-refractivity contribution in [2.75, 3.05) is 0 Å². The lowest BCUT2D eigenvalue weighted by molar-refractivity contribution is -0.142. The van der Waals surface area contributed by atoms with Crippen molar-refractivity contribution in [1.82, 2.24) is 10.3 Å². The molecule has 96 valence electrons. The Bertz CT molecular complexity index is 441. The summed E-state index contributed by atoms with van der Waals surface area (Å²) in [5.41, 5.74) is 0.643. The van der Waals surface area contributed by atoms with Crippen molar-refractivity contribution in [2.24, 2.45) is 5.92 Å². The summed E-state index contributed by atoms with van der Waals surface area (Å²) in [5, 5.41) is 11.4. The molecule has 0 aliphatic rings. The van der Waals surface area contributed by atoms with Crippen molar-refractivity contribution in [1.29, 1.82) is 0 Å². The van der Waals surface area contributed by atoms with Gasteiger partial charge in [0.2, 0.25) is 5.91 Å². The predicted molar refractivity (Wildman–Crippen MR) is 67.7 cm³/mol. The number of amides is 1. The molecule has 0 radical (unpaired) electrons. The van der Waals surface area contributed by atoms with Crippen LogP contribution >= 0.6 is 0 Å². The number of carboxylic acids is 1. The van der Waals surface area contributed by atoms with Crippen LogP contribution in [-0.2, 0) is 9.59 Å². The molecule has 0 aliphatic heterocycles. The smallest absolute Gasteiger partial charge is 0.326 e. The molecule has 2 N–H and O–H groups in total. The Morgan fingerprint density at radius 1 is 1.39 bits per heavy atom. The highest BCUT2D eigenvalue weighted by atomic mass is 16.4. The summed E-state index contributed by atoms with van der Waals surface area (Å²) < 4.78 is 0. The minimum absolute atomic E-state index is 0.172. The van der Waals surface area contributed by atoms with Crippen molar-refractivity contribution in [2.45, 2.75) is 19.9 Å². The Morgan fingerprint density at radius 2 is 2.11 bits per heavy atom. The third-order valence-electron chi connectivity index (χ3n) is 2.32. The number of hydrogen-bond donors (Lipinski definition) is 2. The molecule has 5 heteroatoms. The van der Waals surface area contributed by atoms with Crippen LogP contribution in [0.2, 0.25) is 0 Å². The third kappa shape index (κ3) is 4.37. The summed E-state index contributed by atoms with van der Waals surface area (Å²) >= 11 is 0. The number of hydrogen-bond acceptors (Lipinski definition) is 3. The molecule has 0 saturated carbocycles. The van der Waals surface area contributed by atoms with Gasteiger partial charge in [0.25, 0.3) is 0 Å². The number of nitrogens with zero attached hydrogens (tertiary/aromatic N) is 1. The van der Waals surface area contributed by atoms with E-state index in [1.54, 1.807) is 38.2 Å². The Labute approximate surface area is 106 Å². The molecule has 1 amide bonds. The van der Waals surface area contributed by atoms with Crippen LogP contribution in [0.15, 0.2) is 30.5 Å². The molecule has 0 aromatic carbocycles. The van der Waals surface area contributed by atoms with Gasteiger partial charge in [0, 0.05) is 12.3 Å². The summed E-state index contributed by atoms with van der Waals surface area (Å²) in [6.45, 7) is 3.48.